The number of carbonyl (C=O) groups is 2. The first-order valence-corrected chi connectivity index (χ1v) is 8.60. The van der Waals surface area contributed by atoms with Gasteiger partial charge in [0.15, 0.2) is 0 Å². The minimum atomic E-state index is -0.995. The van der Waals surface area contributed by atoms with E-state index in [-0.39, 0.29) is 11.9 Å². The molecule has 1 spiro atoms. The number of rotatable bonds is 5. The van der Waals surface area contributed by atoms with Crippen molar-refractivity contribution in [2.24, 2.45) is 11.8 Å². The highest BCUT2D eigenvalue weighted by Gasteiger charge is 2.71. The van der Waals surface area contributed by atoms with Gasteiger partial charge in [-0.15, -0.1) is 6.58 Å². The first-order chi connectivity index (χ1) is 12.4. The topological polar surface area (TPSA) is 76.1 Å². The number of fused-ring (bicyclic) bond motifs is 1. The van der Waals surface area contributed by atoms with Crippen LogP contribution in [-0.2, 0) is 14.3 Å². The maximum atomic E-state index is 13.3. The molecule has 6 heteroatoms. The Bertz CT molecular complexity index is 814. The molecule has 0 aliphatic carbocycles. The number of carbonyl (C=O) groups excluding carboxylic acids is 1. The minimum Gasteiger partial charge on any atom is -0.497 e. The van der Waals surface area contributed by atoms with Crippen molar-refractivity contribution in [1.29, 1.82) is 0 Å². The summed E-state index contributed by atoms with van der Waals surface area (Å²) >= 11 is 0. The van der Waals surface area contributed by atoms with E-state index >= 15 is 0 Å². The van der Waals surface area contributed by atoms with Crippen LogP contribution in [0.2, 0.25) is 0 Å². The van der Waals surface area contributed by atoms with Crippen molar-refractivity contribution in [2.45, 2.75) is 31.1 Å². The molecule has 0 aromatic heterocycles. The standard InChI is InChI=1S/C20H21NO5/c1-11(2)10-15-20-9-8-14(26-20)16(19(23)24)17(20)18(22)21(15)12-4-6-13(25-3)7-5-12/h4-9,14-17H,1,10H2,2-3H3,(H,23,24)/t14-,15-,16-,17+,20+/m0/s1. The molecular weight excluding hydrogens is 334 g/mol. The lowest BCUT2D eigenvalue weighted by Gasteiger charge is -2.33. The van der Waals surface area contributed by atoms with Crippen LogP contribution in [0.1, 0.15) is 13.3 Å². The Morgan fingerprint density at radius 1 is 1.38 bits per heavy atom. The lowest BCUT2D eigenvalue weighted by Crippen LogP contribution is -2.45. The van der Waals surface area contributed by atoms with Crippen LogP contribution < -0.4 is 9.64 Å². The van der Waals surface area contributed by atoms with Crippen molar-refractivity contribution in [2.75, 3.05) is 12.0 Å². The Labute approximate surface area is 151 Å². The highest BCUT2D eigenvalue weighted by atomic mass is 16.5. The maximum absolute atomic E-state index is 13.3. The highest BCUT2D eigenvalue weighted by Crippen LogP contribution is 2.56. The van der Waals surface area contributed by atoms with Gasteiger partial charge in [-0.3, -0.25) is 9.59 Å². The molecule has 136 valence electrons. The summed E-state index contributed by atoms with van der Waals surface area (Å²) in [5.41, 5.74) is 0.704. The van der Waals surface area contributed by atoms with Gasteiger partial charge in [0.05, 0.1) is 25.2 Å². The molecule has 1 aromatic rings. The average molecular weight is 355 g/mol. The molecule has 2 fully saturated rings. The summed E-state index contributed by atoms with van der Waals surface area (Å²) in [6.45, 7) is 5.90. The third-order valence-electron chi connectivity index (χ3n) is 5.60. The molecule has 3 aliphatic rings. The summed E-state index contributed by atoms with van der Waals surface area (Å²) in [7, 11) is 1.58. The molecule has 26 heavy (non-hydrogen) atoms. The zero-order valence-electron chi connectivity index (χ0n) is 14.7. The van der Waals surface area contributed by atoms with Gasteiger partial charge in [0.2, 0.25) is 5.91 Å². The van der Waals surface area contributed by atoms with Crippen LogP contribution in [0.15, 0.2) is 48.6 Å². The maximum Gasteiger partial charge on any atom is 0.310 e. The fourth-order valence-corrected chi connectivity index (χ4v) is 4.56. The van der Waals surface area contributed by atoms with Gasteiger partial charge in [-0.25, -0.2) is 0 Å². The zero-order chi connectivity index (χ0) is 18.6. The van der Waals surface area contributed by atoms with Crippen LogP contribution >= 0.6 is 0 Å². The van der Waals surface area contributed by atoms with Crippen molar-refractivity contribution in [3.63, 3.8) is 0 Å². The van der Waals surface area contributed by atoms with Gasteiger partial charge in [0, 0.05) is 5.69 Å². The quantitative estimate of drug-likeness (QED) is 0.821. The predicted molar refractivity (Wildman–Crippen MR) is 95.1 cm³/mol. The van der Waals surface area contributed by atoms with E-state index in [1.165, 1.54) is 0 Å². The van der Waals surface area contributed by atoms with Gasteiger partial charge in [0.25, 0.3) is 0 Å². The van der Waals surface area contributed by atoms with E-state index in [9.17, 15) is 14.7 Å². The smallest absolute Gasteiger partial charge is 0.310 e. The number of carboxylic acids is 1. The zero-order valence-corrected chi connectivity index (χ0v) is 14.7. The Kier molecular flexibility index (Phi) is 3.70. The third kappa shape index (κ3) is 2.15. The Morgan fingerprint density at radius 2 is 2.08 bits per heavy atom. The van der Waals surface area contributed by atoms with E-state index < -0.39 is 29.5 Å². The molecule has 0 saturated carbocycles. The fourth-order valence-electron chi connectivity index (χ4n) is 4.56. The summed E-state index contributed by atoms with van der Waals surface area (Å²) < 4.78 is 11.3. The largest absolute Gasteiger partial charge is 0.497 e. The Hall–Kier alpha value is -2.60. The molecule has 2 bridgehead atoms. The molecule has 5 atom stereocenters. The first kappa shape index (κ1) is 16.8. The molecule has 1 amide bonds. The predicted octanol–water partition coefficient (Wildman–Crippen LogP) is 2.40. The van der Waals surface area contributed by atoms with Crippen LogP contribution in [0.3, 0.4) is 0 Å². The van der Waals surface area contributed by atoms with Crippen molar-refractivity contribution in [1.82, 2.24) is 0 Å². The van der Waals surface area contributed by atoms with Gasteiger partial charge < -0.3 is 19.5 Å². The van der Waals surface area contributed by atoms with E-state index in [0.717, 1.165) is 5.57 Å². The normalized spacial score (nSPS) is 34.2. The van der Waals surface area contributed by atoms with E-state index in [4.69, 9.17) is 9.47 Å². The molecule has 6 nitrogen and oxygen atoms in total. The number of hydrogen-bond acceptors (Lipinski definition) is 4. The summed E-state index contributed by atoms with van der Waals surface area (Å²) in [6, 6.07) is 6.87. The number of methoxy groups -OCH3 is 1. The second-order valence-corrected chi connectivity index (χ2v) is 7.22. The summed E-state index contributed by atoms with van der Waals surface area (Å²) in [5, 5.41) is 9.67. The van der Waals surface area contributed by atoms with E-state index in [1.54, 1.807) is 30.2 Å². The lowest BCUT2D eigenvalue weighted by atomic mass is 9.74. The van der Waals surface area contributed by atoms with Crippen LogP contribution in [0, 0.1) is 11.8 Å². The number of benzene rings is 1. The molecule has 2 saturated heterocycles. The highest BCUT2D eigenvalue weighted by molar-refractivity contribution is 6.03. The number of hydrogen-bond donors (Lipinski definition) is 1. The summed E-state index contributed by atoms with van der Waals surface area (Å²) in [5.74, 6) is -2.09. The second-order valence-electron chi connectivity index (χ2n) is 7.22. The molecule has 3 heterocycles. The van der Waals surface area contributed by atoms with Gasteiger partial charge in [-0.1, -0.05) is 17.7 Å². The molecule has 0 radical (unpaired) electrons. The fraction of sp³-hybridized carbons (Fsp3) is 0.400. The van der Waals surface area contributed by atoms with Crippen molar-refractivity contribution in [3.05, 3.63) is 48.6 Å². The number of nitrogens with zero attached hydrogens (tertiary/aromatic N) is 1. The number of carboxylic acid groups (broad SMARTS) is 1. The van der Waals surface area contributed by atoms with Crippen LogP contribution in [0.25, 0.3) is 0 Å². The second kappa shape index (κ2) is 5.71. The van der Waals surface area contributed by atoms with Gasteiger partial charge in [-0.05, 0) is 37.6 Å². The van der Waals surface area contributed by atoms with E-state index in [2.05, 4.69) is 6.58 Å². The number of aliphatic carboxylic acids is 1. The van der Waals surface area contributed by atoms with Crippen molar-refractivity contribution in [3.8, 4) is 5.75 Å². The van der Waals surface area contributed by atoms with Crippen molar-refractivity contribution >= 4 is 17.6 Å². The first-order valence-electron chi connectivity index (χ1n) is 8.60. The molecule has 1 N–H and O–H groups in total. The van der Waals surface area contributed by atoms with E-state index in [0.29, 0.717) is 17.9 Å². The van der Waals surface area contributed by atoms with Crippen LogP contribution in [-0.4, -0.2) is 41.8 Å². The average Bonchev–Trinajstić information content (AvgIpc) is 3.24. The number of amides is 1. The minimum absolute atomic E-state index is 0.208. The lowest BCUT2D eigenvalue weighted by molar-refractivity contribution is -0.146. The molecule has 1 aromatic carbocycles. The molecular formula is C20H21NO5. The molecule has 3 aliphatic heterocycles. The van der Waals surface area contributed by atoms with Gasteiger partial charge in [0.1, 0.15) is 17.3 Å². The van der Waals surface area contributed by atoms with Gasteiger partial charge in [-0.2, -0.15) is 0 Å². The summed E-state index contributed by atoms with van der Waals surface area (Å²) in [4.78, 5) is 26.8. The van der Waals surface area contributed by atoms with Crippen molar-refractivity contribution < 1.29 is 24.2 Å². The summed E-state index contributed by atoms with van der Waals surface area (Å²) in [6.07, 6.45) is 3.66. The van der Waals surface area contributed by atoms with Crippen LogP contribution in [0.5, 0.6) is 5.75 Å². The monoisotopic (exact) mass is 355 g/mol. The number of anilines is 1. The SMILES string of the molecule is C=C(C)C[C@@H]1N(c2ccc(OC)cc2)C(=O)[C@H]2[C@@H](C(=O)O)[C@@H]3C=C[C@@]12O3. The molecule has 4 rings (SSSR count). The molecule has 0 unspecified atom stereocenters. The van der Waals surface area contributed by atoms with Gasteiger partial charge >= 0.3 is 5.97 Å². The number of ether oxygens (including phenoxy) is 2. The third-order valence-corrected chi connectivity index (χ3v) is 5.60. The Morgan fingerprint density at radius 3 is 2.65 bits per heavy atom. The Balaban J connectivity index is 1.81. The van der Waals surface area contributed by atoms with Crippen LogP contribution in [0.4, 0.5) is 5.69 Å². The van der Waals surface area contributed by atoms with E-state index in [1.807, 2.05) is 25.1 Å².